The van der Waals surface area contributed by atoms with Crippen LogP contribution in [-0.4, -0.2) is 34.1 Å². The van der Waals surface area contributed by atoms with Crippen LogP contribution in [0.25, 0.3) is 11.0 Å². The van der Waals surface area contributed by atoms with Crippen LogP contribution in [0.15, 0.2) is 77.1 Å². The minimum Gasteiger partial charge on any atom is -0.325 e. The van der Waals surface area contributed by atoms with Crippen molar-refractivity contribution < 1.29 is 0 Å². The molecule has 0 N–H and O–H groups in total. The molecule has 132 valence electrons. The van der Waals surface area contributed by atoms with Gasteiger partial charge in [-0.1, -0.05) is 48.2 Å². The number of aromatic nitrogens is 3. The Morgan fingerprint density at radius 1 is 1.00 bits per heavy atom. The van der Waals surface area contributed by atoms with E-state index in [2.05, 4.69) is 46.3 Å². The molecule has 3 aromatic rings. The molecule has 0 spiro atoms. The molecule has 1 aliphatic heterocycles. The Bertz CT molecular complexity index is 1050. The van der Waals surface area contributed by atoms with Crippen molar-refractivity contribution in [1.29, 1.82) is 0 Å². The van der Waals surface area contributed by atoms with Gasteiger partial charge < -0.3 is 4.92 Å². The smallest absolute Gasteiger partial charge is 0.265 e. The lowest BCUT2D eigenvalue weighted by atomic mass is 9.98. The van der Waals surface area contributed by atoms with Gasteiger partial charge in [0.2, 0.25) is 0 Å². The van der Waals surface area contributed by atoms with Crippen molar-refractivity contribution in [2.75, 3.05) is 0 Å². The summed E-state index contributed by atoms with van der Waals surface area (Å²) in [4.78, 5) is 1.32. The van der Waals surface area contributed by atoms with E-state index in [1.807, 2.05) is 42.1 Å². The third-order valence-corrected chi connectivity index (χ3v) is 4.99. The summed E-state index contributed by atoms with van der Waals surface area (Å²) in [5, 5.41) is 12.6. The zero-order valence-corrected chi connectivity index (χ0v) is 15.3. The average Bonchev–Trinajstić information content (AvgIpc) is 3.10. The summed E-state index contributed by atoms with van der Waals surface area (Å²) in [6, 6.07) is 16.7. The van der Waals surface area contributed by atoms with E-state index in [1.165, 1.54) is 21.6 Å². The molecule has 0 amide bonds. The summed E-state index contributed by atoms with van der Waals surface area (Å²) in [5.74, 6) is 0. The summed E-state index contributed by atoms with van der Waals surface area (Å²) in [6.07, 6.45) is 3.69. The highest BCUT2D eigenvalue weighted by molar-refractivity contribution is 6.07. The van der Waals surface area contributed by atoms with E-state index >= 15 is 0 Å². The number of allylic oxidation sites excluding steroid dienone is 2. The molecule has 6 heteroatoms. The second kappa shape index (κ2) is 7.23. The van der Waals surface area contributed by atoms with Gasteiger partial charge in [0.05, 0.1) is 12.1 Å². The van der Waals surface area contributed by atoms with Gasteiger partial charge in [-0.3, -0.25) is 0 Å². The molecule has 0 unspecified atom stereocenters. The molecule has 0 bridgehead atoms. The first-order valence-corrected chi connectivity index (χ1v) is 8.96. The van der Waals surface area contributed by atoms with Gasteiger partial charge in [-0.05, 0) is 54.2 Å². The van der Waals surface area contributed by atoms with Gasteiger partial charge in [0.25, 0.3) is 7.98 Å². The summed E-state index contributed by atoms with van der Waals surface area (Å²) < 4.78 is 1.93. The van der Waals surface area contributed by atoms with Crippen LogP contribution in [0.1, 0.15) is 24.5 Å². The first-order valence-electron chi connectivity index (χ1n) is 8.96. The molecule has 5 nitrogen and oxygen atoms in total. The Balaban J connectivity index is 1.42. The minimum atomic E-state index is 0.712. The van der Waals surface area contributed by atoms with Crippen LogP contribution < -0.4 is 0 Å². The van der Waals surface area contributed by atoms with Gasteiger partial charge in [-0.15, -0.1) is 5.10 Å². The molecule has 0 saturated heterocycles. The van der Waals surface area contributed by atoms with E-state index < -0.39 is 0 Å². The van der Waals surface area contributed by atoms with Crippen molar-refractivity contribution in [3.8, 4) is 0 Å². The van der Waals surface area contributed by atoms with Crippen molar-refractivity contribution >= 4 is 25.2 Å². The van der Waals surface area contributed by atoms with Crippen LogP contribution in [0.2, 0.25) is 0 Å². The molecular weight excluding hydrogens is 333 g/mol. The number of benzene rings is 2. The number of nitrogens with zero attached hydrogens (tertiary/aromatic N) is 5. The Labute approximate surface area is 160 Å². The highest BCUT2D eigenvalue weighted by Gasteiger charge is 2.12. The zero-order valence-electron chi connectivity index (χ0n) is 15.3. The van der Waals surface area contributed by atoms with Gasteiger partial charge in [-0.2, -0.15) is 5.10 Å². The Morgan fingerprint density at radius 3 is 2.56 bits per heavy atom. The van der Waals surface area contributed by atoms with E-state index in [9.17, 15) is 0 Å². The largest absolute Gasteiger partial charge is 0.325 e. The van der Waals surface area contributed by atoms with Gasteiger partial charge in [0, 0.05) is 11.9 Å². The highest BCUT2D eigenvalue weighted by atomic mass is 15.4. The van der Waals surface area contributed by atoms with Crippen molar-refractivity contribution in [3.05, 3.63) is 83.1 Å². The molecule has 1 aromatic heterocycles. The molecule has 0 saturated carbocycles. The van der Waals surface area contributed by atoms with E-state index in [0.717, 1.165) is 35.1 Å². The number of rotatable bonds is 5. The van der Waals surface area contributed by atoms with Crippen LogP contribution in [0.5, 0.6) is 0 Å². The van der Waals surface area contributed by atoms with E-state index in [0.29, 0.717) is 6.54 Å². The van der Waals surface area contributed by atoms with Crippen molar-refractivity contribution in [3.63, 3.8) is 0 Å². The second-order valence-electron chi connectivity index (χ2n) is 6.74. The third-order valence-electron chi connectivity index (χ3n) is 4.99. The molecule has 1 aliphatic rings. The maximum absolute atomic E-state index is 5.74. The van der Waals surface area contributed by atoms with Gasteiger partial charge in [0.15, 0.2) is 0 Å². The lowest BCUT2D eigenvalue weighted by Crippen LogP contribution is -2.18. The molecular formula is C21H20BN5. The fraction of sp³-hybridized carbons (Fsp3) is 0.190. The van der Waals surface area contributed by atoms with Crippen molar-refractivity contribution in [2.24, 2.45) is 5.10 Å². The molecule has 0 aliphatic carbocycles. The first-order chi connectivity index (χ1) is 13.1. The monoisotopic (exact) mass is 353 g/mol. The Hall–Kier alpha value is -3.15. The standard InChI is InChI=1S/C21H20BN5/c1-15-16(2)27(22)23-13-19(15)12-11-17-7-9-18(10-8-17)14-26-21-6-4-3-5-20(21)24-25-26/h3-10,13H,2,11-12,14H2,1H3. The van der Waals surface area contributed by atoms with Crippen LogP contribution in [-0.2, 0) is 13.0 Å². The number of hydrogen-bond acceptors (Lipinski definition) is 4. The predicted octanol–water partition coefficient (Wildman–Crippen LogP) is 3.63. The lowest BCUT2D eigenvalue weighted by Gasteiger charge is -2.24. The van der Waals surface area contributed by atoms with Gasteiger partial charge >= 0.3 is 0 Å². The van der Waals surface area contributed by atoms with Crippen LogP contribution in [0.4, 0.5) is 0 Å². The maximum atomic E-state index is 5.74. The maximum Gasteiger partial charge on any atom is 0.265 e. The molecule has 27 heavy (non-hydrogen) atoms. The zero-order chi connectivity index (χ0) is 18.8. The molecule has 0 atom stereocenters. The predicted molar refractivity (Wildman–Crippen MR) is 109 cm³/mol. The second-order valence-corrected chi connectivity index (χ2v) is 6.74. The minimum absolute atomic E-state index is 0.712. The SMILES string of the molecule is [B]N1N=CC(CCc2ccc(Cn3nnc4ccccc43)cc2)=C(C)C1=C. The summed E-state index contributed by atoms with van der Waals surface area (Å²) in [6.45, 7) is 6.71. The topological polar surface area (TPSA) is 46.3 Å². The highest BCUT2D eigenvalue weighted by Crippen LogP contribution is 2.22. The van der Waals surface area contributed by atoms with Gasteiger partial charge in [-0.25, -0.2) is 4.68 Å². The summed E-state index contributed by atoms with van der Waals surface area (Å²) in [5.41, 5.74) is 7.50. The van der Waals surface area contributed by atoms with Crippen molar-refractivity contribution in [1.82, 2.24) is 19.9 Å². The Kier molecular flexibility index (Phi) is 4.63. The third kappa shape index (κ3) is 3.56. The van der Waals surface area contributed by atoms with E-state index in [-0.39, 0.29) is 0 Å². The van der Waals surface area contributed by atoms with Crippen LogP contribution in [0, 0.1) is 0 Å². The van der Waals surface area contributed by atoms with Gasteiger partial charge in [0.1, 0.15) is 5.52 Å². The number of hydrogen-bond donors (Lipinski definition) is 0. The molecule has 2 aromatic carbocycles. The van der Waals surface area contributed by atoms with E-state index in [1.54, 1.807) is 0 Å². The lowest BCUT2D eigenvalue weighted by molar-refractivity contribution is 0.601. The molecule has 0 fully saturated rings. The van der Waals surface area contributed by atoms with Crippen LogP contribution in [0.3, 0.4) is 0 Å². The quantitative estimate of drug-likeness (QED) is 0.658. The van der Waals surface area contributed by atoms with Crippen LogP contribution >= 0.6 is 0 Å². The summed E-state index contributed by atoms with van der Waals surface area (Å²) in [7, 11) is 5.74. The van der Waals surface area contributed by atoms with Crippen molar-refractivity contribution in [2.45, 2.75) is 26.3 Å². The normalized spacial score (nSPS) is 14.4. The molecule has 2 heterocycles. The average molecular weight is 353 g/mol. The number of aryl methyl sites for hydroxylation is 1. The summed E-state index contributed by atoms with van der Waals surface area (Å²) >= 11 is 0. The first kappa shape index (κ1) is 17.3. The molecule has 4 rings (SSSR count). The number of para-hydroxylation sites is 1. The number of fused-ring (bicyclic) bond motifs is 1. The number of hydrazone groups is 1. The van der Waals surface area contributed by atoms with E-state index in [4.69, 9.17) is 7.98 Å². The molecule has 2 radical (unpaired) electrons. The Morgan fingerprint density at radius 2 is 1.74 bits per heavy atom. The fourth-order valence-electron chi connectivity index (χ4n) is 3.21. The fourth-order valence-corrected chi connectivity index (χ4v) is 3.21.